The SMILES string of the molecule is CCCNC(C#N)CN1CCN(CC(F)(F)F)CC1. The van der Waals surface area contributed by atoms with Crippen LogP contribution >= 0.6 is 0 Å². The van der Waals surface area contributed by atoms with Crippen molar-refractivity contribution in [1.29, 1.82) is 5.26 Å². The van der Waals surface area contributed by atoms with Crippen LogP contribution in [0.3, 0.4) is 0 Å². The van der Waals surface area contributed by atoms with E-state index in [1.165, 1.54) is 4.90 Å². The van der Waals surface area contributed by atoms with Crippen molar-refractivity contribution < 1.29 is 13.2 Å². The van der Waals surface area contributed by atoms with Gasteiger partial charge in [-0.3, -0.25) is 9.80 Å². The molecule has 4 nitrogen and oxygen atoms in total. The minimum Gasteiger partial charge on any atom is -0.301 e. The standard InChI is InChI=1S/C12H21F3N4/c1-2-3-17-11(8-16)9-18-4-6-19(7-5-18)10-12(13,14)15/h11,17H,2-7,9-10H2,1H3. The van der Waals surface area contributed by atoms with E-state index in [4.69, 9.17) is 5.26 Å². The van der Waals surface area contributed by atoms with E-state index in [2.05, 4.69) is 11.4 Å². The van der Waals surface area contributed by atoms with E-state index in [1.54, 1.807) is 0 Å². The van der Waals surface area contributed by atoms with E-state index < -0.39 is 12.7 Å². The smallest absolute Gasteiger partial charge is 0.301 e. The molecule has 1 heterocycles. The van der Waals surface area contributed by atoms with Gasteiger partial charge in [0.2, 0.25) is 0 Å². The molecule has 0 amide bonds. The molecule has 110 valence electrons. The van der Waals surface area contributed by atoms with Crippen LogP contribution in [0.25, 0.3) is 0 Å². The van der Waals surface area contributed by atoms with Crippen molar-refractivity contribution in [3.05, 3.63) is 0 Å². The number of nitrogens with zero attached hydrogens (tertiary/aromatic N) is 3. The number of hydrogen-bond donors (Lipinski definition) is 1. The number of hydrogen-bond acceptors (Lipinski definition) is 4. The predicted molar refractivity (Wildman–Crippen MR) is 66.6 cm³/mol. The second-order valence-corrected chi connectivity index (χ2v) is 4.83. The molecule has 0 saturated carbocycles. The Morgan fingerprint density at radius 3 is 2.26 bits per heavy atom. The van der Waals surface area contributed by atoms with Crippen LogP contribution in [-0.4, -0.2) is 67.8 Å². The van der Waals surface area contributed by atoms with Crippen molar-refractivity contribution >= 4 is 0 Å². The Morgan fingerprint density at radius 2 is 1.79 bits per heavy atom. The lowest BCUT2D eigenvalue weighted by Crippen LogP contribution is -2.52. The molecular weight excluding hydrogens is 257 g/mol. The third-order valence-electron chi connectivity index (χ3n) is 3.11. The number of rotatable bonds is 6. The fourth-order valence-corrected chi connectivity index (χ4v) is 2.11. The van der Waals surface area contributed by atoms with Gasteiger partial charge in [-0.1, -0.05) is 6.92 Å². The molecule has 1 aliphatic heterocycles. The van der Waals surface area contributed by atoms with Crippen molar-refractivity contribution in [2.24, 2.45) is 0 Å². The first kappa shape index (κ1) is 16.2. The number of alkyl halides is 3. The fourth-order valence-electron chi connectivity index (χ4n) is 2.11. The molecule has 1 N–H and O–H groups in total. The van der Waals surface area contributed by atoms with Gasteiger partial charge in [0.1, 0.15) is 6.04 Å². The maximum Gasteiger partial charge on any atom is 0.401 e. The molecule has 1 aliphatic rings. The van der Waals surface area contributed by atoms with Gasteiger partial charge in [0.25, 0.3) is 0 Å². The summed E-state index contributed by atoms with van der Waals surface area (Å²) in [6.07, 6.45) is -3.17. The lowest BCUT2D eigenvalue weighted by atomic mass is 10.2. The Morgan fingerprint density at radius 1 is 1.21 bits per heavy atom. The van der Waals surface area contributed by atoms with Crippen molar-refractivity contribution in [1.82, 2.24) is 15.1 Å². The first-order chi connectivity index (χ1) is 8.94. The summed E-state index contributed by atoms with van der Waals surface area (Å²) in [7, 11) is 0. The summed E-state index contributed by atoms with van der Waals surface area (Å²) in [5.41, 5.74) is 0. The van der Waals surface area contributed by atoms with Gasteiger partial charge in [-0.15, -0.1) is 0 Å². The average Bonchev–Trinajstić information content (AvgIpc) is 2.34. The van der Waals surface area contributed by atoms with Gasteiger partial charge in [0, 0.05) is 32.7 Å². The second-order valence-electron chi connectivity index (χ2n) is 4.83. The topological polar surface area (TPSA) is 42.3 Å². The highest BCUT2D eigenvalue weighted by Gasteiger charge is 2.32. The van der Waals surface area contributed by atoms with Gasteiger partial charge < -0.3 is 5.32 Å². The zero-order valence-electron chi connectivity index (χ0n) is 11.2. The van der Waals surface area contributed by atoms with Crippen LogP contribution in [0.1, 0.15) is 13.3 Å². The van der Waals surface area contributed by atoms with E-state index in [9.17, 15) is 13.2 Å². The molecule has 0 spiro atoms. The van der Waals surface area contributed by atoms with Crippen LogP contribution in [0.2, 0.25) is 0 Å². The molecule has 1 unspecified atom stereocenters. The van der Waals surface area contributed by atoms with Crippen LogP contribution in [0, 0.1) is 11.3 Å². The first-order valence-electron chi connectivity index (χ1n) is 6.59. The number of nitriles is 1. The van der Waals surface area contributed by atoms with E-state index in [-0.39, 0.29) is 6.04 Å². The number of nitrogens with one attached hydrogen (secondary N) is 1. The molecule has 0 bridgehead atoms. The number of halogens is 3. The summed E-state index contributed by atoms with van der Waals surface area (Å²) in [4.78, 5) is 3.46. The summed E-state index contributed by atoms with van der Waals surface area (Å²) < 4.78 is 36.7. The highest BCUT2D eigenvalue weighted by atomic mass is 19.4. The molecule has 1 rings (SSSR count). The van der Waals surface area contributed by atoms with Gasteiger partial charge in [0.15, 0.2) is 0 Å². The van der Waals surface area contributed by atoms with E-state index in [1.807, 2.05) is 11.8 Å². The minimum absolute atomic E-state index is 0.242. The zero-order chi connectivity index (χ0) is 14.3. The Kier molecular flexibility index (Phi) is 6.55. The molecule has 19 heavy (non-hydrogen) atoms. The Bertz CT molecular complexity index is 292. The normalized spacial score (nSPS) is 20.2. The predicted octanol–water partition coefficient (Wildman–Crippen LogP) is 1.06. The van der Waals surface area contributed by atoms with Crippen molar-refractivity contribution in [2.75, 3.05) is 45.8 Å². The van der Waals surface area contributed by atoms with E-state index in [0.29, 0.717) is 32.7 Å². The van der Waals surface area contributed by atoms with Gasteiger partial charge >= 0.3 is 6.18 Å². The molecule has 0 radical (unpaired) electrons. The summed E-state index contributed by atoms with van der Waals surface area (Å²) >= 11 is 0. The lowest BCUT2D eigenvalue weighted by Gasteiger charge is -2.35. The molecule has 7 heteroatoms. The lowest BCUT2D eigenvalue weighted by molar-refractivity contribution is -0.149. The van der Waals surface area contributed by atoms with Crippen molar-refractivity contribution in [2.45, 2.75) is 25.6 Å². The van der Waals surface area contributed by atoms with Crippen LogP contribution < -0.4 is 5.32 Å². The zero-order valence-corrected chi connectivity index (χ0v) is 11.2. The Labute approximate surface area is 112 Å². The molecule has 0 aromatic carbocycles. The molecule has 0 aromatic heterocycles. The van der Waals surface area contributed by atoms with Gasteiger partial charge in [-0.05, 0) is 13.0 Å². The molecule has 1 atom stereocenters. The van der Waals surface area contributed by atoms with Gasteiger partial charge in [0.05, 0.1) is 12.6 Å². The Balaban J connectivity index is 2.28. The molecule has 0 aliphatic carbocycles. The molecule has 1 saturated heterocycles. The van der Waals surface area contributed by atoms with Crippen LogP contribution in [-0.2, 0) is 0 Å². The second kappa shape index (κ2) is 7.68. The fraction of sp³-hybridized carbons (Fsp3) is 0.917. The minimum atomic E-state index is -4.12. The Hall–Kier alpha value is -0.840. The van der Waals surface area contributed by atoms with E-state index in [0.717, 1.165) is 13.0 Å². The highest BCUT2D eigenvalue weighted by molar-refractivity contribution is 4.92. The summed E-state index contributed by atoms with van der Waals surface area (Å²) in [5.74, 6) is 0. The quantitative estimate of drug-likeness (QED) is 0.789. The van der Waals surface area contributed by atoms with Crippen LogP contribution in [0.15, 0.2) is 0 Å². The third-order valence-corrected chi connectivity index (χ3v) is 3.11. The monoisotopic (exact) mass is 278 g/mol. The maximum atomic E-state index is 12.2. The van der Waals surface area contributed by atoms with Crippen LogP contribution in [0.4, 0.5) is 13.2 Å². The molecule has 0 aromatic rings. The van der Waals surface area contributed by atoms with Crippen molar-refractivity contribution in [3.8, 4) is 6.07 Å². The maximum absolute atomic E-state index is 12.2. The summed E-state index contributed by atoms with van der Waals surface area (Å²) in [6, 6.07) is 1.95. The first-order valence-corrected chi connectivity index (χ1v) is 6.59. The summed E-state index contributed by atoms with van der Waals surface area (Å²) in [6.45, 7) is 4.54. The van der Waals surface area contributed by atoms with Gasteiger partial charge in [-0.2, -0.15) is 18.4 Å². The number of piperazine rings is 1. The van der Waals surface area contributed by atoms with Crippen molar-refractivity contribution in [3.63, 3.8) is 0 Å². The largest absolute Gasteiger partial charge is 0.401 e. The molecular formula is C12H21F3N4. The van der Waals surface area contributed by atoms with E-state index >= 15 is 0 Å². The average molecular weight is 278 g/mol. The third kappa shape index (κ3) is 6.76. The highest BCUT2D eigenvalue weighted by Crippen LogP contribution is 2.17. The molecule has 1 fully saturated rings. The van der Waals surface area contributed by atoms with Gasteiger partial charge in [-0.25, -0.2) is 0 Å². The van der Waals surface area contributed by atoms with Crippen LogP contribution in [0.5, 0.6) is 0 Å². The summed E-state index contributed by atoms with van der Waals surface area (Å²) in [5, 5.41) is 12.1.